The SMILES string of the molecule is Cc1cccc(CCCNC(=O)CN(c2ccccc2)S(C)(=O)=O)c1. The number of amides is 1. The van der Waals surface area contributed by atoms with Crippen molar-refractivity contribution in [3.8, 4) is 0 Å². The van der Waals surface area contributed by atoms with Crippen LogP contribution in [0.3, 0.4) is 0 Å². The van der Waals surface area contributed by atoms with E-state index in [0.29, 0.717) is 12.2 Å². The molecule has 1 amide bonds. The summed E-state index contributed by atoms with van der Waals surface area (Å²) in [4.78, 5) is 12.1. The molecule has 0 aliphatic carbocycles. The molecule has 1 N–H and O–H groups in total. The number of nitrogens with zero attached hydrogens (tertiary/aromatic N) is 1. The van der Waals surface area contributed by atoms with Gasteiger partial charge in [-0.25, -0.2) is 8.42 Å². The summed E-state index contributed by atoms with van der Waals surface area (Å²) in [6, 6.07) is 16.9. The van der Waals surface area contributed by atoms with Crippen molar-refractivity contribution in [1.29, 1.82) is 0 Å². The molecule has 0 radical (unpaired) electrons. The first-order valence-electron chi connectivity index (χ1n) is 8.21. The molecule has 0 saturated heterocycles. The molecular weight excluding hydrogens is 336 g/mol. The largest absolute Gasteiger partial charge is 0.355 e. The van der Waals surface area contributed by atoms with E-state index >= 15 is 0 Å². The summed E-state index contributed by atoms with van der Waals surface area (Å²) in [5.41, 5.74) is 2.93. The molecule has 0 aromatic heterocycles. The van der Waals surface area contributed by atoms with Crippen LogP contribution in [-0.2, 0) is 21.2 Å². The standard InChI is InChI=1S/C19H24N2O3S/c1-16-8-6-9-17(14-16)10-7-13-20-19(22)15-21(25(2,23)24)18-11-4-3-5-12-18/h3-6,8-9,11-12,14H,7,10,13,15H2,1-2H3,(H,20,22). The second-order valence-corrected chi connectivity index (χ2v) is 7.95. The smallest absolute Gasteiger partial charge is 0.240 e. The van der Waals surface area contributed by atoms with Gasteiger partial charge in [-0.05, 0) is 37.5 Å². The Bertz CT molecular complexity index is 804. The zero-order valence-corrected chi connectivity index (χ0v) is 15.4. The molecule has 0 fully saturated rings. The Labute approximate surface area is 149 Å². The highest BCUT2D eigenvalue weighted by molar-refractivity contribution is 7.92. The lowest BCUT2D eigenvalue weighted by Crippen LogP contribution is -2.40. The molecule has 0 unspecified atom stereocenters. The van der Waals surface area contributed by atoms with Gasteiger partial charge in [0, 0.05) is 6.54 Å². The van der Waals surface area contributed by atoms with Crippen LogP contribution in [0.5, 0.6) is 0 Å². The maximum absolute atomic E-state index is 12.1. The fourth-order valence-corrected chi connectivity index (χ4v) is 3.43. The number of sulfonamides is 1. The summed E-state index contributed by atoms with van der Waals surface area (Å²) >= 11 is 0. The topological polar surface area (TPSA) is 66.5 Å². The molecule has 0 spiro atoms. The van der Waals surface area contributed by atoms with Gasteiger partial charge < -0.3 is 5.32 Å². The van der Waals surface area contributed by atoms with Gasteiger partial charge in [0.05, 0.1) is 11.9 Å². The summed E-state index contributed by atoms with van der Waals surface area (Å²) in [5, 5.41) is 2.79. The fourth-order valence-electron chi connectivity index (χ4n) is 2.57. The van der Waals surface area contributed by atoms with Crippen molar-refractivity contribution in [1.82, 2.24) is 5.32 Å². The van der Waals surface area contributed by atoms with Crippen LogP contribution < -0.4 is 9.62 Å². The zero-order valence-electron chi connectivity index (χ0n) is 14.6. The van der Waals surface area contributed by atoms with Gasteiger partial charge in [-0.2, -0.15) is 0 Å². The van der Waals surface area contributed by atoms with E-state index in [1.807, 2.05) is 6.07 Å². The number of para-hydroxylation sites is 1. The second-order valence-electron chi connectivity index (χ2n) is 6.05. The van der Waals surface area contributed by atoms with Crippen molar-refractivity contribution < 1.29 is 13.2 Å². The van der Waals surface area contributed by atoms with Crippen LogP contribution in [0.4, 0.5) is 5.69 Å². The highest BCUT2D eigenvalue weighted by Crippen LogP contribution is 2.16. The van der Waals surface area contributed by atoms with E-state index in [2.05, 4.69) is 30.4 Å². The molecule has 2 aromatic rings. The molecule has 0 atom stereocenters. The summed E-state index contributed by atoms with van der Waals surface area (Å²) < 4.78 is 25.0. The van der Waals surface area contributed by atoms with E-state index in [1.165, 1.54) is 11.1 Å². The van der Waals surface area contributed by atoms with Crippen LogP contribution in [0.25, 0.3) is 0 Å². The predicted octanol–water partition coefficient (Wildman–Crippen LogP) is 2.51. The lowest BCUT2D eigenvalue weighted by molar-refractivity contribution is -0.119. The molecule has 134 valence electrons. The quantitative estimate of drug-likeness (QED) is 0.736. The lowest BCUT2D eigenvalue weighted by atomic mass is 10.1. The van der Waals surface area contributed by atoms with Crippen molar-refractivity contribution >= 4 is 21.6 Å². The van der Waals surface area contributed by atoms with E-state index in [4.69, 9.17) is 0 Å². The first-order chi connectivity index (χ1) is 11.9. The van der Waals surface area contributed by atoms with E-state index in [0.717, 1.165) is 23.4 Å². The Hall–Kier alpha value is -2.34. The third-order valence-corrected chi connectivity index (χ3v) is 4.92. The van der Waals surface area contributed by atoms with E-state index in [-0.39, 0.29) is 12.5 Å². The predicted molar refractivity (Wildman–Crippen MR) is 101 cm³/mol. The summed E-state index contributed by atoms with van der Waals surface area (Å²) in [5.74, 6) is -0.307. The molecular formula is C19H24N2O3S. The van der Waals surface area contributed by atoms with Crippen LogP contribution in [0.15, 0.2) is 54.6 Å². The molecule has 0 aliphatic heterocycles. The molecule has 6 heteroatoms. The first-order valence-corrected chi connectivity index (χ1v) is 10.1. The highest BCUT2D eigenvalue weighted by Gasteiger charge is 2.20. The average molecular weight is 360 g/mol. The Kier molecular flexibility index (Phi) is 6.58. The van der Waals surface area contributed by atoms with Gasteiger partial charge in [0.15, 0.2) is 0 Å². The summed E-state index contributed by atoms with van der Waals surface area (Å²) in [6.07, 6.45) is 2.78. The van der Waals surface area contributed by atoms with Crippen molar-refractivity contribution in [2.75, 3.05) is 23.7 Å². The highest BCUT2D eigenvalue weighted by atomic mass is 32.2. The normalized spacial score (nSPS) is 11.1. The number of carbonyl (C=O) groups is 1. The number of anilines is 1. The van der Waals surface area contributed by atoms with Crippen LogP contribution in [0, 0.1) is 6.92 Å². The zero-order chi connectivity index (χ0) is 18.3. The third kappa shape index (κ3) is 6.23. The van der Waals surface area contributed by atoms with Gasteiger partial charge in [-0.3, -0.25) is 9.10 Å². The number of benzene rings is 2. The van der Waals surface area contributed by atoms with E-state index in [1.54, 1.807) is 30.3 Å². The van der Waals surface area contributed by atoms with Crippen molar-refractivity contribution in [2.24, 2.45) is 0 Å². The van der Waals surface area contributed by atoms with Gasteiger partial charge in [-0.15, -0.1) is 0 Å². The van der Waals surface area contributed by atoms with Crippen LogP contribution in [-0.4, -0.2) is 33.7 Å². The molecule has 0 bridgehead atoms. The second kappa shape index (κ2) is 8.67. The number of carbonyl (C=O) groups excluding carboxylic acids is 1. The minimum atomic E-state index is -3.52. The Morgan fingerprint density at radius 1 is 1.08 bits per heavy atom. The maximum Gasteiger partial charge on any atom is 0.240 e. The van der Waals surface area contributed by atoms with E-state index < -0.39 is 10.0 Å². The minimum absolute atomic E-state index is 0.215. The van der Waals surface area contributed by atoms with Gasteiger partial charge in [0.2, 0.25) is 15.9 Å². The molecule has 0 aliphatic rings. The van der Waals surface area contributed by atoms with Crippen LogP contribution in [0.1, 0.15) is 17.5 Å². The Morgan fingerprint density at radius 2 is 1.80 bits per heavy atom. The number of hydrogen-bond donors (Lipinski definition) is 1. The molecule has 0 saturated carbocycles. The Morgan fingerprint density at radius 3 is 2.44 bits per heavy atom. The third-order valence-electron chi connectivity index (χ3n) is 3.78. The monoisotopic (exact) mass is 360 g/mol. The van der Waals surface area contributed by atoms with Gasteiger partial charge in [0.25, 0.3) is 0 Å². The van der Waals surface area contributed by atoms with Gasteiger partial charge in [-0.1, -0.05) is 48.0 Å². The van der Waals surface area contributed by atoms with Gasteiger partial charge >= 0.3 is 0 Å². The Balaban J connectivity index is 1.85. The number of nitrogens with one attached hydrogen (secondary N) is 1. The van der Waals surface area contributed by atoms with Gasteiger partial charge in [0.1, 0.15) is 6.54 Å². The summed E-state index contributed by atoms with van der Waals surface area (Å²) in [7, 11) is -3.52. The first kappa shape index (κ1) is 19.0. The molecule has 2 aromatic carbocycles. The van der Waals surface area contributed by atoms with Crippen molar-refractivity contribution in [2.45, 2.75) is 19.8 Å². The number of hydrogen-bond acceptors (Lipinski definition) is 3. The minimum Gasteiger partial charge on any atom is -0.355 e. The fraction of sp³-hybridized carbons (Fsp3) is 0.316. The van der Waals surface area contributed by atoms with Crippen LogP contribution >= 0.6 is 0 Å². The summed E-state index contributed by atoms with van der Waals surface area (Å²) in [6.45, 7) is 2.35. The molecule has 25 heavy (non-hydrogen) atoms. The van der Waals surface area contributed by atoms with Crippen molar-refractivity contribution in [3.05, 3.63) is 65.7 Å². The number of aryl methyl sites for hydroxylation is 2. The average Bonchev–Trinajstić information content (AvgIpc) is 2.56. The van der Waals surface area contributed by atoms with Crippen molar-refractivity contribution in [3.63, 3.8) is 0 Å². The maximum atomic E-state index is 12.1. The van der Waals surface area contributed by atoms with E-state index in [9.17, 15) is 13.2 Å². The molecule has 0 heterocycles. The molecule has 5 nitrogen and oxygen atoms in total. The molecule has 2 rings (SSSR count). The number of rotatable bonds is 8. The lowest BCUT2D eigenvalue weighted by Gasteiger charge is -2.21. The van der Waals surface area contributed by atoms with Crippen LogP contribution in [0.2, 0.25) is 0 Å².